The molecule has 0 fully saturated rings. The molecule has 0 aliphatic rings. The molecule has 0 aliphatic carbocycles. The topological polar surface area (TPSA) is 40.7 Å². The lowest BCUT2D eigenvalue weighted by molar-refractivity contribution is 0.772. The molecule has 0 saturated carbocycles. The van der Waals surface area contributed by atoms with Crippen LogP contribution in [0, 0.1) is 13.8 Å². The average molecular weight is 250 g/mol. The summed E-state index contributed by atoms with van der Waals surface area (Å²) in [4.78, 5) is 7.60. The van der Waals surface area contributed by atoms with Crippen LogP contribution < -0.4 is 5.32 Å². The number of imidazole rings is 1. The van der Waals surface area contributed by atoms with Crippen molar-refractivity contribution in [1.82, 2.24) is 15.3 Å². The Morgan fingerprint density at radius 3 is 2.82 bits per heavy atom. The van der Waals surface area contributed by atoms with Gasteiger partial charge in [0, 0.05) is 5.56 Å². The van der Waals surface area contributed by atoms with Crippen molar-refractivity contribution in [2.45, 2.75) is 20.4 Å². The lowest BCUT2D eigenvalue weighted by Gasteiger charge is -2.04. The SMILES string of the molecule is CNCc1nc(-c2cc(C)ccc2C)c(Cl)[nH]1. The molecule has 0 atom stereocenters. The first-order chi connectivity index (χ1) is 8.11. The quantitative estimate of drug-likeness (QED) is 0.878. The van der Waals surface area contributed by atoms with Gasteiger partial charge in [0.2, 0.25) is 0 Å². The van der Waals surface area contributed by atoms with Crippen molar-refractivity contribution in [3.8, 4) is 11.3 Å². The molecule has 0 radical (unpaired) electrons. The van der Waals surface area contributed by atoms with Gasteiger partial charge in [-0.2, -0.15) is 0 Å². The van der Waals surface area contributed by atoms with Gasteiger partial charge in [-0.3, -0.25) is 0 Å². The molecule has 0 aliphatic heterocycles. The zero-order valence-electron chi connectivity index (χ0n) is 10.3. The molecule has 4 heteroatoms. The summed E-state index contributed by atoms with van der Waals surface area (Å²) in [7, 11) is 1.88. The lowest BCUT2D eigenvalue weighted by atomic mass is 10.0. The molecule has 2 N–H and O–H groups in total. The zero-order valence-corrected chi connectivity index (χ0v) is 11.0. The molecule has 0 spiro atoms. The molecule has 0 unspecified atom stereocenters. The van der Waals surface area contributed by atoms with Gasteiger partial charge >= 0.3 is 0 Å². The van der Waals surface area contributed by atoms with E-state index in [1.807, 2.05) is 7.05 Å². The predicted molar refractivity (Wildman–Crippen MR) is 71.3 cm³/mol. The van der Waals surface area contributed by atoms with Gasteiger partial charge in [0.25, 0.3) is 0 Å². The number of aryl methyl sites for hydroxylation is 2. The van der Waals surface area contributed by atoms with Gasteiger partial charge in [-0.25, -0.2) is 4.98 Å². The number of nitrogens with zero attached hydrogens (tertiary/aromatic N) is 1. The first-order valence-corrected chi connectivity index (χ1v) is 5.96. The number of halogens is 1. The number of nitrogens with one attached hydrogen (secondary N) is 2. The van der Waals surface area contributed by atoms with Crippen LogP contribution in [0.2, 0.25) is 5.15 Å². The third kappa shape index (κ3) is 2.51. The van der Waals surface area contributed by atoms with E-state index in [0.29, 0.717) is 11.7 Å². The number of rotatable bonds is 3. The normalized spacial score (nSPS) is 10.8. The van der Waals surface area contributed by atoms with E-state index in [0.717, 1.165) is 17.1 Å². The number of aromatic amines is 1. The van der Waals surface area contributed by atoms with Gasteiger partial charge in [-0.15, -0.1) is 0 Å². The van der Waals surface area contributed by atoms with Crippen LogP contribution in [-0.4, -0.2) is 17.0 Å². The largest absolute Gasteiger partial charge is 0.331 e. The Bertz CT molecular complexity index is 531. The monoisotopic (exact) mass is 249 g/mol. The Labute approximate surface area is 106 Å². The highest BCUT2D eigenvalue weighted by Gasteiger charge is 2.12. The van der Waals surface area contributed by atoms with Gasteiger partial charge in [0.1, 0.15) is 16.7 Å². The maximum absolute atomic E-state index is 6.19. The van der Waals surface area contributed by atoms with Gasteiger partial charge in [-0.05, 0) is 32.5 Å². The number of hydrogen-bond donors (Lipinski definition) is 2. The standard InChI is InChI=1S/C13H16ClN3/c1-8-4-5-9(2)10(6-8)12-13(14)17-11(16-12)7-15-3/h4-6,15H,7H2,1-3H3,(H,16,17). The van der Waals surface area contributed by atoms with Crippen molar-refractivity contribution in [3.63, 3.8) is 0 Å². The van der Waals surface area contributed by atoms with Gasteiger partial charge in [-0.1, -0.05) is 29.3 Å². The van der Waals surface area contributed by atoms with Gasteiger partial charge < -0.3 is 10.3 Å². The first kappa shape index (κ1) is 12.1. The van der Waals surface area contributed by atoms with Crippen LogP contribution in [0.1, 0.15) is 17.0 Å². The number of hydrogen-bond acceptors (Lipinski definition) is 2. The summed E-state index contributed by atoms with van der Waals surface area (Å²) in [5.41, 5.74) is 4.31. The number of aromatic nitrogens is 2. The van der Waals surface area contributed by atoms with E-state index in [4.69, 9.17) is 11.6 Å². The van der Waals surface area contributed by atoms with Crippen LogP contribution in [-0.2, 0) is 6.54 Å². The van der Waals surface area contributed by atoms with Crippen molar-refractivity contribution in [1.29, 1.82) is 0 Å². The lowest BCUT2D eigenvalue weighted by Crippen LogP contribution is -2.06. The third-order valence-electron chi connectivity index (χ3n) is 2.70. The Kier molecular flexibility index (Phi) is 3.50. The smallest absolute Gasteiger partial charge is 0.134 e. The summed E-state index contributed by atoms with van der Waals surface area (Å²) in [5, 5.41) is 3.65. The fourth-order valence-corrected chi connectivity index (χ4v) is 2.07. The molecule has 1 aromatic heterocycles. The minimum atomic E-state index is 0.601. The van der Waals surface area contributed by atoms with Crippen LogP contribution in [0.5, 0.6) is 0 Å². The Hall–Kier alpha value is -1.32. The predicted octanol–water partition coefficient (Wildman–Crippen LogP) is 3.07. The molecular formula is C13H16ClN3. The molecule has 2 rings (SSSR count). The van der Waals surface area contributed by atoms with E-state index >= 15 is 0 Å². The fourth-order valence-electron chi connectivity index (χ4n) is 1.82. The molecule has 0 bridgehead atoms. The van der Waals surface area contributed by atoms with Crippen LogP contribution in [0.25, 0.3) is 11.3 Å². The first-order valence-electron chi connectivity index (χ1n) is 5.58. The molecule has 1 heterocycles. The van der Waals surface area contributed by atoms with Crippen LogP contribution in [0.4, 0.5) is 0 Å². The highest BCUT2D eigenvalue weighted by molar-refractivity contribution is 6.32. The summed E-state index contributed by atoms with van der Waals surface area (Å²) in [6, 6.07) is 6.29. The van der Waals surface area contributed by atoms with E-state index < -0.39 is 0 Å². The van der Waals surface area contributed by atoms with Gasteiger partial charge in [0.15, 0.2) is 0 Å². The zero-order chi connectivity index (χ0) is 12.4. The molecule has 0 amide bonds. The fraction of sp³-hybridized carbons (Fsp3) is 0.308. The van der Waals surface area contributed by atoms with Crippen molar-refractivity contribution >= 4 is 11.6 Å². The molecule has 90 valence electrons. The van der Waals surface area contributed by atoms with E-state index in [1.54, 1.807) is 0 Å². The summed E-state index contributed by atoms with van der Waals surface area (Å²) >= 11 is 6.19. The van der Waals surface area contributed by atoms with E-state index in [1.165, 1.54) is 11.1 Å². The van der Waals surface area contributed by atoms with E-state index in [2.05, 4.69) is 47.3 Å². The second kappa shape index (κ2) is 4.90. The molecule has 1 aromatic carbocycles. The minimum Gasteiger partial charge on any atom is -0.331 e. The average Bonchev–Trinajstić information content (AvgIpc) is 2.64. The van der Waals surface area contributed by atoms with Crippen LogP contribution >= 0.6 is 11.6 Å². The second-order valence-electron chi connectivity index (χ2n) is 4.19. The summed E-state index contributed by atoms with van der Waals surface area (Å²) in [5.74, 6) is 0.855. The molecular weight excluding hydrogens is 234 g/mol. The maximum Gasteiger partial charge on any atom is 0.134 e. The summed E-state index contributed by atoms with van der Waals surface area (Å²) < 4.78 is 0. The highest BCUT2D eigenvalue weighted by Crippen LogP contribution is 2.29. The molecule has 2 aromatic rings. The van der Waals surface area contributed by atoms with Crippen LogP contribution in [0.3, 0.4) is 0 Å². The highest BCUT2D eigenvalue weighted by atomic mass is 35.5. The van der Waals surface area contributed by atoms with Crippen molar-refractivity contribution < 1.29 is 0 Å². The number of H-pyrrole nitrogens is 1. The third-order valence-corrected chi connectivity index (χ3v) is 2.97. The molecule has 3 nitrogen and oxygen atoms in total. The summed E-state index contributed by atoms with van der Waals surface area (Å²) in [6.45, 7) is 4.82. The van der Waals surface area contributed by atoms with Gasteiger partial charge in [0.05, 0.1) is 6.54 Å². The summed E-state index contributed by atoms with van der Waals surface area (Å²) in [6.07, 6.45) is 0. The number of benzene rings is 1. The van der Waals surface area contributed by atoms with E-state index in [-0.39, 0.29) is 0 Å². The van der Waals surface area contributed by atoms with Crippen molar-refractivity contribution in [3.05, 3.63) is 40.3 Å². The minimum absolute atomic E-state index is 0.601. The van der Waals surface area contributed by atoms with Crippen molar-refractivity contribution in [2.24, 2.45) is 0 Å². The van der Waals surface area contributed by atoms with Crippen molar-refractivity contribution in [2.75, 3.05) is 7.05 Å². The maximum atomic E-state index is 6.19. The van der Waals surface area contributed by atoms with E-state index in [9.17, 15) is 0 Å². The Morgan fingerprint density at radius 1 is 1.35 bits per heavy atom. The van der Waals surface area contributed by atoms with Crippen LogP contribution in [0.15, 0.2) is 18.2 Å². The molecule has 17 heavy (non-hydrogen) atoms. The second-order valence-corrected chi connectivity index (χ2v) is 4.57. The molecule has 0 saturated heterocycles. The Balaban J connectivity index is 2.48. The Morgan fingerprint density at radius 2 is 2.12 bits per heavy atom.